The summed E-state index contributed by atoms with van der Waals surface area (Å²) in [6.45, 7) is 2.55. The number of nitrogens with one attached hydrogen (secondary N) is 2. The molecule has 2 aromatic carbocycles. The molecule has 1 aromatic heterocycles. The lowest BCUT2D eigenvalue weighted by Gasteiger charge is -2.20. The quantitative estimate of drug-likeness (QED) is 0.650. The molecule has 0 spiro atoms. The summed E-state index contributed by atoms with van der Waals surface area (Å²) in [6, 6.07) is 17.2. The van der Waals surface area contributed by atoms with Crippen molar-refractivity contribution in [3.8, 4) is 5.75 Å². The van der Waals surface area contributed by atoms with Crippen molar-refractivity contribution in [1.29, 1.82) is 0 Å². The molecule has 4 rings (SSSR count). The third-order valence-corrected chi connectivity index (χ3v) is 5.91. The molecule has 1 saturated heterocycles. The van der Waals surface area contributed by atoms with Gasteiger partial charge in [0.25, 0.3) is 5.91 Å². The molecule has 28 heavy (non-hydrogen) atoms. The Hall–Kier alpha value is -2.70. The van der Waals surface area contributed by atoms with Gasteiger partial charge in [-0.3, -0.25) is 10.1 Å². The molecule has 1 amide bonds. The fourth-order valence-electron chi connectivity index (χ4n) is 3.28. The normalized spacial score (nSPS) is 14.6. The van der Waals surface area contributed by atoms with Gasteiger partial charge in [0, 0.05) is 16.6 Å². The predicted octanol–water partition coefficient (Wildman–Crippen LogP) is 4.44. The average molecular weight is 394 g/mol. The highest BCUT2D eigenvalue weighted by Gasteiger charge is 2.18. The molecular formula is C22H23N3O2S. The maximum absolute atomic E-state index is 12.6. The van der Waals surface area contributed by atoms with Crippen molar-refractivity contribution in [2.24, 2.45) is 0 Å². The van der Waals surface area contributed by atoms with Crippen LogP contribution in [-0.4, -0.2) is 24.0 Å². The summed E-state index contributed by atoms with van der Waals surface area (Å²) in [5.41, 5.74) is 1.65. The van der Waals surface area contributed by atoms with E-state index in [1.165, 1.54) is 4.88 Å². The Balaban J connectivity index is 1.37. The van der Waals surface area contributed by atoms with E-state index < -0.39 is 0 Å². The van der Waals surface area contributed by atoms with Crippen LogP contribution in [0.2, 0.25) is 0 Å². The third-order valence-electron chi connectivity index (χ3n) is 4.83. The highest BCUT2D eigenvalue weighted by atomic mass is 32.1. The number of ether oxygens (including phenoxy) is 1. The molecule has 2 N–H and O–H groups in total. The van der Waals surface area contributed by atoms with E-state index in [2.05, 4.69) is 15.6 Å². The molecule has 144 valence electrons. The first-order valence-electron chi connectivity index (χ1n) is 9.52. The largest absolute Gasteiger partial charge is 0.489 e. The Morgan fingerprint density at radius 3 is 2.79 bits per heavy atom. The van der Waals surface area contributed by atoms with Crippen LogP contribution in [0.25, 0.3) is 0 Å². The van der Waals surface area contributed by atoms with Gasteiger partial charge in [-0.05, 0) is 55.6 Å². The van der Waals surface area contributed by atoms with Gasteiger partial charge in [0.2, 0.25) is 0 Å². The first-order chi connectivity index (χ1) is 13.8. The molecule has 0 bridgehead atoms. The van der Waals surface area contributed by atoms with Crippen molar-refractivity contribution in [2.45, 2.75) is 25.4 Å². The van der Waals surface area contributed by atoms with Crippen molar-refractivity contribution in [1.82, 2.24) is 10.3 Å². The first kappa shape index (κ1) is 18.7. The van der Waals surface area contributed by atoms with E-state index in [1.807, 2.05) is 48.7 Å². The molecule has 3 aromatic rings. The van der Waals surface area contributed by atoms with Crippen LogP contribution in [0.5, 0.6) is 5.75 Å². The number of thiazole rings is 1. The second-order valence-corrected chi connectivity index (χ2v) is 7.91. The molecular weight excluding hydrogens is 370 g/mol. The zero-order chi connectivity index (χ0) is 19.2. The standard InChI is InChI=1S/C22H23N3O2S/c26-21(25-22-24-14-20(28-22)17-9-11-23-12-10-17)18-7-4-8-19(13-18)27-15-16-5-2-1-3-6-16/h1-8,13-14,17,23H,9-12,15H2,(H,24,25,26). The Morgan fingerprint density at radius 1 is 1.14 bits per heavy atom. The summed E-state index contributed by atoms with van der Waals surface area (Å²) in [4.78, 5) is 18.3. The van der Waals surface area contributed by atoms with Gasteiger partial charge in [-0.1, -0.05) is 36.4 Å². The number of anilines is 1. The zero-order valence-electron chi connectivity index (χ0n) is 15.6. The van der Waals surface area contributed by atoms with Gasteiger partial charge in [0.05, 0.1) is 0 Å². The number of hydrogen-bond donors (Lipinski definition) is 2. The lowest BCUT2D eigenvalue weighted by Crippen LogP contribution is -2.26. The lowest BCUT2D eigenvalue weighted by molar-refractivity contribution is 0.102. The minimum absolute atomic E-state index is 0.170. The number of carbonyl (C=O) groups is 1. The summed E-state index contributed by atoms with van der Waals surface area (Å²) in [6.07, 6.45) is 4.14. The molecule has 1 aliphatic rings. The van der Waals surface area contributed by atoms with Gasteiger partial charge in [-0.2, -0.15) is 0 Å². The number of carbonyl (C=O) groups excluding carboxylic acids is 1. The van der Waals surface area contributed by atoms with Crippen molar-refractivity contribution in [2.75, 3.05) is 18.4 Å². The summed E-state index contributed by atoms with van der Waals surface area (Å²) >= 11 is 1.57. The maximum atomic E-state index is 12.6. The van der Waals surface area contributed by atoms with Crippen LogP contribution >= 0.6 is 11.3 Å². The summed E-state index contributed by atoms with van der Waals surface area (Å²) < 4.78 is 5.82. The van der Waals surface area contributed by atoms with Crippen molar-refractivity contribution < 1.29 is 9.53 Å². The lowest BCUT2D eigenvalue weighted by atomic mass is 9.97. The van der Waals surface area contributed by atoms with Gasteiger partial charge in [0.1, 0.15) is 12.4 Å². The van der Waals surface area contributed by atoms with Crippen LogP contribution in [0, 0.1) is 0 Å². The molecule has 5 nitrogen and oxygen atoms in total. The second kappa shape index (κ2) is 8.99. The van der Waals surface area contributed by atoms with Crippen LogP contribution in [0.1, 0.15) is 39.6 Å². The molecule has 0 saturated carbocycles. The molecule has 0 aliphatic carbocycles. The van der Waals surface area contributed by atoms with Crippen LogP contribution < -0.4 is 15.4 Å². The zero-order valence-corrected chi connectivity index (χ0v) is 16.4. The number of aromatic nitrogens is 1. The molecule has 0 radical (unpaired) electrons. The Kier molecular flexibility index (Phi) is 5.99. The summed E-state index contributed by atoms with van der Waals surface area (Å²) in [5, 5.41) is 6.94. The minimum Gasteiger partial charge on any atom is -0.489 e. The number of nitrogens with zero attached hydrogens (tertiary/aromatic N) is 1. The van der Waals surface area contributed by atoms with Crippen LogP contribution in [0.15, 0.2) is 60.8 Å². The highest BCUT2D eigenvalue weighted by Crippen LogP contribution is 2.31. The van der Waals surface area contributed by atoms with Gasteiger partial charge in [-0.25, -0.2) is 4.98 Å². The van der Waals surface area contributed by atoms with Crippen molar-refractivity contribution >= 4 is 22.4 Å². The molecule has 0 atom stereocenters. The Morgan fingerprint density at radius 2 is 1.96 bits per heavy atom. The van der Waals surface area contributed by atoms with Gasteiger partial charge in [0.15, 0.2) is 5.13 Å². The monoisotopic (exact) mass is 393 g/mol. The summed E-state index contributed by atoms with van der Waals surface area (Å²) in [5.74, 6) is 1.04. The third kappa shape index (κ3) is 4.77. The van der Waals surface area contributed by atoms with E-state index in [4.69, 9.17) is 4.74 Å². The van der Waals surface area contributed by atoms with E-state index in [1.54, 1.807) is 23.5 Å². The fourth-order valence-corrected chi connectivity index (χ4v) is 4.26. The highest BCUT2D eigenvalue weighted by molar-refractivity contribution is 7.15. The SMILES string of the molecule is O=C(Nc1ncc(C2CCNCC2)s1)c1cccc(OCc2ccccc2)c1. The molecule has 0 unspecified atom stereocenters. The van der Waals surface area contributed by atoms with Gasteiger partial charge in [-0.15, -0.1) is 11.3 Å². The van der Waals surface area contributed by atoms with Crippen molar-refractivity contribution in [3.63, 3.8) is 0 Å². The topological polar surface area (TPSA) is 63.2 Å². The first-order valence-corrected chi connectivity index (χ1v) is 10.3. The minimum atomic E-state index is -0.170. The molecule has 1 aliphatic heterocycles. The van der Waals surface area contributed by atoms with E-state index in [0.717, 1.165) is 31.5 Å². The molecule has 1 fully saturated rings. The molecule has 6 heteroatoms. The van der Waals surface area contributed by atoms with E-state index >= 15 is 0 Å². The Labute approximate surface area is 168 Å². The van der Waals surface area contributed by atoms with E-state index in [0.29, 0.717) is 29.0 Å². The van der Waals surface area contributed by atoms with Crippen LogP contribution in [-0.2, 0) is 6.61 Å². The van der Waals surface area contributed by atoms with Crippen LogP contribution in [0.4, 0.5) is 5.13 Å². The van der Waals surface area contributed by atoms with E-state index in [-0.39, 0.29) is 5.91 Å². The Bertz CT molecular complexity index is 920. The number of benzene rings is 2. The summed E-state index contributed by atoms with van der Waals surface area (Å²) in [7, 11) is 0. The van der Waals surface area contributed by atoms with Gasteiger partial charge >= 0.3 is 0 Å². The fraction of sp³-hybridized carbons (Fsp3) is 0.273. The van der Waals surface area contributed by atoms with Gasteiger partial charge < -0.3 is 10.1 Å². The number of amides is 1. The number of hydrogen-bond acceptors (Lipinski definition) is 5. The number of rotatable bonds is 6. The predicted molar refractivity (Wildman–Crippen MR) is 112 cm³/mol. The maximum Gasteiger partial charge on any atom is 0.257 e. The molecule has 2 heterocycles. The smallest absolute Gasteiger partial charge is 0.257 e. The number of piperidine rings is 1. The average Bonchev–Trinajstić information content (AvgIpc) is 3.22. The van der Waals surface area contributed by atoms with Crippen molar-refractivity contribution in [3.05, 3.63) is 76.8 Å². The van der Waals surface area contributed by atoms with Crippen LogP contribution in [0.3, 0.4) is 0 Å². The second-order valence-electron chi connectivity index (χ2n) is 6.85. The van der Waals surface area contributed by atoms with E-state index in [9.17, 15) is 4.79 Å².